The topological polar surface area (TPSA) is 35.5 Å². The zero-order chi connectivity index (χ0) is 11.0. The van der Waals surface area contributed by atoms with Gasteiger partial charge in [-0.05, 0) is 35.6 Å². The summed E-state index contributed by atoms with van der Waals surface area (Å²) in [6.45, 7) is 0.0731. The van der Waals surface area contributed by atoms with E-state index in [0.717, 1.165) is 18.4 Å². The van der Waals surface area contributed by atoms with Crippen LogP contribution in [0.4, 0.5) is 0 Å². The highest BCUT2D eigenvalue weighted by Gasteiger charge is 2.28. The minimum atomic E-state index is -0.458. The highest BCUT2D eigenvalue weighted by molar-refractivity contribution is 5.73. The normalized spacial score (nSPS) is 23.6. The van der Waals surface area contributed by atoms with E-state index in [1.807, 2.05) is 12.1 Å². The van der Waals surface area contributed by atoms with Crippen LogP contribution in [0.2, 0.25) is 0 Å². The quantitative estimate of drug-likeness (QED) is 0.673. The summed E-state index contributed by atoms with van der Waals surface area (Å²) in [5, 5.41) is 0. The summed E-state index contributed by atoms with van der Waals surface area (Å²) in [6.07, 6.45) is 3.50. The molecule has 82 valence electrons. The molecule has 3 nitrogen and oxygen atoms in total. The van der Waals surface area contributed by atoms with Crippen LogP contribution in [-0.4, -0.2) is 18.9 Å². The first-order chi connectivity index (χ1) is 7.83. The zero-order valence-electron chi connectivity index (χ0n) is 8.81. The summed E-state index contributed by atoms with van der Waals surface area (Å²) < 4.78 is 10.4. The summed E-state index contributed by atoms with van der Waals surface area (Å²) in [5.74, 6) is -0.273. The lowest BCUT2D eigenvalue weighted by molar-refractivity contribution is -0.140. The molecule has 1 saturated heterocycles. The van der Waals surface area contributed by atoms with E-state index in [9.17, 15) is 4.79 Å². The second-order valence-corrected chi connectivity index (χ2v) is 4.05. The van der Waals surface area contributed by atoms with Gasteiger partial charge in [0.2, 0.25) is 6.29 Å². The summed E-state index contributed by atoms with van der Waals surface area (Å²) in [5.41, 5.74) is 3.61. The van der Waals surface area contributed by atoms with Crippen molar-refractivity contribution in [1.82, 2.24) is 0 Å². The van der Waals surface area contributed by atoms with E-state index in [0.29, 0.717) is 0 Å². The molecule has 0 saturated carbocycles. The van der Waals surface area contributed by atoms with Gasteiger partial charge in [0.1, 0.15) is 6.61 Å². The Kier molecular flexibility index (Phi) is 2.26. The number of ether oxygens (including phenoxy) is 2. The minimum absolute atomic E-state index is 0.0731. The Morgan fingerprint density at radius 1 is 1.19 bits per heavy atom. The molecule has 1 fully saturated rings. The smallest absolute Gasteiger partial charge is 0.334 e. The number of fused-ring (bicyclic) bond motifs is 1. The first-order valence-corrected chi connectivity index (χ1v) is 5.42. The molecule has 0 amide bonds. The van der Waals surface area contributed by atoms with Crippen LogP contribution in [0, 0.1) is 0 Å². The molecule has 0 aromatic heterocycles. The lowest BCUT2D eigenvalue weighted by atomic mass is 9.92. The van der Waals surface area contributed by atoms with Crippen molar-refractivity contribution in [2.24, 2.45) is 0 Å². The Labute approximate surface area is 93.7 Å². The van der Waals surface area contributed by atoms with Gasteiger partial charge in [0.05, 0.1) is 0 Å². The molecule has 1 aromatic rings. The van der Waals surface area contributed by atoms with Gasteiger partial charge in [-0.3, -0.25) is 0 Å². The molecular weight excluding hydrogens is 204 g/mol. The third-order valence-electron chi connectivity index (χ3n) is 2.97. The monoisotopic (exact) mass is 216 g/mol. The van der Waals surface area contributed by atoms with Crippen LogP contribution < -0.4 is 0 Å². The van der Waals surface area contributed by atoms with Gasteiger partial charge in [-0.15, -0.1) is 0 Å². The van der Waals surface area contributed by atoms with Crippen molar-refractivity contribution >= 4 is 12.0 Å². The molecule has 16 heavy (non-hydrogen) atoms. The van der Waals surface area contributed by atoms with E-state index in [1.165, 1.54) is 11.1 Å². The number of hydrogen-bond acceptors (Lipinski definition) is 3. The molecule has 1 aliphatic carbocycles. The van der Waals surface area contributed by atoms with E-state index < -0.39 is 6.29 Å². The Balaban J connectivity index is 1.89. The molecule has 1 atom stereocenters. The number of rotatable bonds is 1. The van der Waals surface area contributed by atoms with Crippen LogP contribution in [0.5, 0.6) is 0 Å². The van der Waals surface area contributed by atoms with Crippen LogP contribution in [0.15, 0.2) is 29.8 Å². The van der Waals surface area contributed by atoms with Gasteiger partial charge in [-0.1, -0.05) is 24.3 Å². The average Bonchev–Trinajstić information content (AvgIpc) is 2.75. The maximum Gasteiger partial charge on any atom is 0.334 e. The molecule has 2 aliphatic rings. The minimum Gasteiger partial charge on any atom is -0.430 e. The first kappa shape index (κ1) is 9.60. The van der Waals surface area contributed by atoms with Gasteiger partial charge in [0.15, 0.2) is 0 Å². The number of carbonyl (C=O) groups is 1. The highest BCUT2D eigenvalue weighted by atomic mass is 16.7. The van der Waals surface area contributed by atoms with E-state index in [1.54, 1.807) is 0 Å². The number of esters is 1. The molecule has 1 aromatic carbocycles. The van der Waals surface area contributed by atoms with Gasteiger partial charge in [0.25, 0.3) is 0 Å². The second kappa shape index (κ2) is 3.76. The number of benzene rings is 1. The van der Waals surface area contributed by atoms with Crippen LogP contribution in [0.25, 0.3) is 6.08 Å². The summed E-state index contributed by atoms with van der Waals surface area (Å²) in [6, 6.07) is 8.26. The van der Waals surface area contributed by atoms with E-state index in [-0.39, 0.29) is 12.6 Å². The van der Waals surface area contributed by atoms with Crippen molar-refractivity contribution in [3.8, 4) is 0 Å². The maximum absolute atomic E-state index is 11.0. The van der Waals surface area contributed by atoms with Gasteiger partial charge in [-0.25, -0.2) is 4.79 Å². The molecule has 3 heteroatoms. The average molecular weight is 216 g/mol. The highest BCUT2D eigenvalue weighted by Crippen LogP contribution is 2.28. The molecule has 1 unspecified atom stereocenters. The second-order valence-electron chi connectivity index (χ2n) is 4.05. The predicted molar refractivity (Wildman–Crippen MR) is 58.6 cm³/mol. The predicted octanol–water partition coefficient (Wildman–Crippen LogP) is 1.92. The molecule has 0 bridgehead atoms. The number of aryl methyl sites for hydroxylation is 1. The SMILES string of the molecule is O=C1COC(C2=Cc3ccccc3CC2)O1. The molecule has 1 aliphatic heterocycles. The van der Waals surface area contributed by atoms with Gasteiger partial charge in [-0.2, -0.15) is 0 Å². The lowest BCUT2D eigenvalue weighted by Crippen LogP contribution is -2.15. The Morgan fingerprint density at radius 3 is 2.88 bits per heavy atom. The van der Waals surface area contributed by atoms with Crippen molar-refractivity contribution in [2.75, 3.05) is 6.61 Å². The Bertz CT molecular complexity index is 462. The fourth-order valence-electron chi connectivity index (χ4n) is 2.15. The van der Waals surface area contributed by atoms with Crippen molar-refractivity contribution < 1.29 is 14.3 Å². The molecular formula is C13H12O3. The summed E-state index contributed by atoms with van der Waals surface area (Å²) in [4.78, 5) is 11.0. The molecule has 0 spiro atoms. The number of carbonyl (C=O) groups excluding carboxylic acids is 1. The van der Waals surface area contributed by atoms with Crippen molar-refractivity contribution in [2.45, 2.75) is 19.1 Å². The Hall–Kier alpha value is -1.61. The number of hydrogen-bond donors (Lipinski definition) is 0. The first-order valence-electron chi connectivity index (χ1n) is 5.42. The van der Waals surface area contributed by atoms with E-state index in [2.05, 4.69) is 18.2 Å². The van der Waals surface area contributed by atoms with Crippen molar-refractivity contribution in [3.63, 3.8) is 0 Å². The summed E-state index contributed by atoms with van der Waals surface area (Å²) >= 11 is 0. The van der Waals surface area contributed by atoms with Crippen LogP contribution in [0.3, 0.4) is 0 Å². The Morgan fingerprint density at radius 2 is 2.06 bits per heavy atom. The van der Waals surface area contributed by atoms with Crippen LogP contribution >= 0.6 is 0 Å². The number of cyclic esters (lactones) is 1. The standard InChI is InChI=1S/C13H12O3/c14-12-8-15-13(16-12)11-6-5-9-3-1-2-4-10(9)7-11/h1-4,7,13H,5-6,8H2. The third kappa shape index (κ3) is 1.63. The molecule has 1 heterocycles. The maximum atomic E-state index is 11.0. The fourth-order valence-corrected chi connectivity index (χ4v) is 2.15. The van der Waals surface area contributed by atoms with Crippen molar-refractivity contribution in [3.05, 3.63) is 41.0 Å². The molecule has 0 N–H and O–H groups in total. The summed E-state index contributed by atoms with van der Waals surface area (Å²) in [7, 11) is 0. The van der Waals surface area contributed by atoms with E-state index >= 15 is 0 Å². The third-order valence-corrected chi connectivity index (χ3v) is 2.97. The van der Waals surface area contributed by atoms with Crippen LogP contribution in [0.1, 0.15) is 17.5 Å². The molecule has 3 rings (SSSR count). The van der Waals surface area contributed by atoms with Gasteiger partial charge in [0, 0.05) is 0 Å². The largest absolute Gasteiger partial charge is 0.430 e. The van der Waals surface area contributed by atoms with Gasteiger partial charge >= 0.3 is 5.97 Å². The zero-order valence-corrected chi connectivity index (χ0v) is 8.81. The lowest BCUT2D eigenvalue weighted by Gasteiger charge is -2.19. The van der Waals surface area contributed by atoms with Gasteiger partial charge < -0.3 is 9.47 Å². The molecule has 0 radical (unpaired) electrons. The fraction of sp³-hybridized carbons (Fsp3) is 0.308. The van der Waals surface area contributed by atoms with Crippen LogP contribution in [-0.2, 0) is 20.7 Å². The van der Waals surface area contributed by atoms with E-state index in [4.69, 9.17) is 9.47 Å². The van der Waals surface area contributed by atoms with Crippen molar-refractivity contribution in [1.29, 1.82) is 0 Å².